The van der Waals surface area contributed by atoms with Gasteiger partial charge in [-0.1, -0.05) is 20.8 Å². The van der Waals surface area contributed by atoms with Crippen LogP contribution in [0, 0.1) is 0 Å². The largest absolute Gasteiger partial charge is 0.365 e. The number of nitrogens with one attached hydrogen (secondary N) is 1. The van der Waals surface area contributed by atoms with Gasteiger partial charge in [0.25, 0.3) is 0 Å². The highest BCUT2D eigenvalue weighted by Crippen LogP contribution is 2.29. The van der Waals surface area contributed by atoms with Gasteiger partial charge in [-0.05, 0) is 5.41 Å². The lowest BCUT2D eigenvalue weighted by molar-refractivity contribution is 0.602. The summed E-state index contributed by atoms with van der Waals surface area (Å²) in [6, 6.07) is 0. The molecule has 0 spiro atoms. The molecule has 0 amide bonds. The van der Waals surface area contributed by atoms with Crippen LogP contribution in [-0.2, 0) is 5.41 Å². The summed E-state index contributed by atoms with van der Waals surface area (Å²) in [6.45, 7) is 6.58. The summed E-state index contributed by atoms with van der Waals surface area (Å²) in [5.74, 6) is 0. The van der Waals surface area contributed by atoms with Gasteiger partial charge in [-0.15, -0.1) is 11.3 Å². The molecular formula is C8H14N2S. The fraction of sp³-hybridized carbons (Fsp3) is 0.625. The van der Waals surface area contributed by atoms with Crippen molar-refractivity contribution in [3.8, 4) is 0 Å². The maximum absolute atomic E-state index is 4.21. The lowest BCUT2D eigenvalue weighted by atomic mass is 9.96. The van der Waals surface area contributed by atoms with Gasteiger partial charge >= 0.3 is 0 Å². The van der Waals surface area contributed by atoms with Crippen LogP contribution in [0.25, 0.3) is 0 Å². The van der Waals surface area contributed by atoms with E-state index in [1.54, 1.807) is 11.3 Å². The summed E-state index contributed by atoms with van der Waals surface area (Å²) in [4.78, 5) is 5.53. The first-order valence-corrected chi connectivity index (χ1v) is 4.50. The molecule has 2 nitrogen and oxygen atoms in total. The first kappa shape index (κ1) is 8.53. The fourth-order valence-corrected chi connectivity index (χ4v) is 1.56. The van der Waals surface area contributed by atoms with E-state index in [0.29, 0.717) is 0 Å². The molecule has 0 bridgehead atoms. The molecule has 1 aromatic heterocycles. The number of anilines is 1. The van der Waals surface area contributed by atoms with Crippen molar-refractivity contribution in [3.63, 3.8) is 0 Å². The van der Waals surface area contributed by atoms with Gasteiger partial charge in [0.1, 0.15) is 0 Å². The number of thiazole rings is 1. The average molecular weight is 170 g/mol. The second-order valence-corrected chi connectivity index (χ2v) is 4.56. The quantitative estimate of drug-likeness (QED) is 0.700. The van der Waals surface area contributed by atoms with Gasteiger partial charge in [0, 0.05) is 18.1 Å². The van der Waals surface area contributed by atoms with E-state index in [1.165, 1.54) is 4.88 Å². The van der Waals surface area contributed by atoms with E-state index < -0.39 is 0 Å². The summed E-state index contributed by atoms with van der Waals surface area (Å²) >= 11 is 1.72. The molecule has 1 N–H and O–H groups in total. The second kappa shape index (κ2) is 2.81. The van der Waals surface area contributed by atoms with Crippen molar-refractivity contribution in [2.24, 2.45) is 0 Å². The monoisotopic (exact) mass is 170 g/mol. The van der Waals surface area contributed by atoms with E-state index in [2.05, 4.69) is 31.1 Å². The van der Waals surface area contributed by atoms with Crippen molar-refractivity contribution in [2.45, 2.75) is 26.2 Å². The molecule has 0 aromatic carbocycles. The molecule has 11 heavy (non-hydrogen) atoms. The first-order chi connectivity index (χ1) is 5.04. The third-order valence-corrected chi connectivity index (χ3v) is 2.90. The number of hydrogen-bond donors (Lipinski definition) is 1. The zero-order valence-electron chi connectivity index (χ0n) is 7.43. The van der Waals surface area contributed by atoms with Crippen LogP contribution in [0.4, 0.5) is 5.13 Å². The molecule has 0 radical (unpaired) electrons. The van der Waals surface area contributed by atoms with Crippen molar-refractivity contribution in [1.29, 1.82) is 0 Å². The van der Waals surface area contributed by atoms with Gasteiger partial charge in [-0.25, -0.2) is 4.98 Å². The molecule has 0 unspecified atom stereocenters. The molecule has 3 heteroatoms. The Hall–Kier alpha value is -0.570. The Labute approximate surface area is 71.7 Å². The van der Waals surface area contributed by atoms with E-state index in [-0.39, 0.29) is 5.41 Å². The van der Waals surface area contributed by atoms with Gasteiger partial charge < -0.3 is 5.32 Å². The van der Waals surface area contributed by atoms with Gasteiger partial charge in [-0.2, -0.15) is 0 Å². The highest BCUT2D eigenvalue weighted by atomic mass is 32.1. The minimum absolute atomic E-state index is 0.229. The average Bonchev–Trinajstić information content (AvgIpc) is 2.32. The van der Waals surface area contributed by atoms with Crippen LogP contribution in [0.1, 0.15) is 25.6 Å². The standard InChI is InChI=1S/C8H14N2S/c1-8(2,3)6-5-10-7(9-4)11-6/h5H,1-4H3,(H,9,10). The Morgan fingerprint density at radius 1 is 1.45 bits per heavy atom. The van der Waals surface area contributed by atoms with Crippen LogP contribution < -0.4 is 5.32 Å². The molecule has 0 aliphatic rings. The van der Waals surface area contributed by atoms with Gasteiger partial charge in [0.05, 0.1) is 0 Å². The Morgan fingerprint density at radius 2 is 2.09 bits per heavy atom. The first-order valence-electron chi connectivity index (χ1n) is 3.68. The minimum Gasteiger partial charge on any atom is -0.365 e. The Kier molecular flexibility index (Phi) is 2.18. The molecule has 0 atom stereocenters. The van der Waals surface area contributed by atoms with Crippen LogP contribution >= 0.6 is 11.3 Å². The van der Waals surface area contributed by atoms with Crippen LogP contribution in [0.3, 0.4) is 0 Å². The smallest absolute Gasteiger partial charge is 0.182 e. The topological polar surface area (TPSA) is 24.9 Å². The lowest BCUT2D eigenvalue weighted by Gasteiger charge is -2.14. The van der Waals surface area contributed by atoms with Crippen molar-refractivity contribution in [2.75, 3.05) is 12.4 Å². The normalized spacial score (nSPS) is 11.6. The van der Waals surface area contributed by atoms with Crippen LogP contribution in [0.15, 0.2) is 6.20 Å². The van der Waals surface area contributed by atoms with E-state index in [9.17, 15) is 0 Å². The Bertz CT molecular complexity index is 234. The zero-order valence-corrected chi connectivity index (χ0v) is 8.25. The number of nitrogens with zero attached hydrogens (tertiary/aromatic N) is 1. The van der Waals surface area contributed by atoms with E-state index in [1.807, 2.05) is 13.2 Å². The van der Waals surface area contributed by atoms with Gasteiger partial charge in [0.2, 0.25) is 0 Å². The number of rotatable bonds is 1. The summed E-state index contributed by atoms with van der Waals surface area (Å²) in [5, 5.41) is 4.02. The van der Waals surface area contributed by atoms with Crippen LogP contribution in [-0.4, -0.2) is 12.0 Å². The second-order valence-electron chi connectivity index (χ2n) is 3.53. The molecule has 1 heterocycles. The van der Waals surface area contributed by atoms with Gasteiger partial charge in [0.15, 0.2) is 5.13 Å². The Morgan fingerprint density at radius 3 is 2.36 bits per heavy atom. The third kappa shape index (κ3) is 1.93. The molecule has 1 rings (SSSR count). The molecule has 0 aliphatic heterocycles. The summed E-state index contributed by atoms with van der Waals surface area (Å²) in [5.41, 5.74) is 0.229. The third-order valence-electron chi connectivity index (χ3n) is 1.46. The lowest BCUT2D eigenvalue weighted by Crippen LogP contribution is -2.07. The fourth-order valence-electron chi connectivity index (χ4n) is 0.736. The van der Waals surface area contributed by atoms with Crippen molar-refractivity contribution in [3.05, 3.63) is 11.1 Å². The predicted molar refractivity (Wildman–Crippen MR) is 50.4 cm³/mol. The molecule has 0 fully saturated rings. The van der Waals surface area contributed by atoms with E-state index >= 15 is 0 Å². The molecule has 62 valence electrons. The van der Waals surface area contributed by atoms with Crippen LogP contribution in [0.5, 0.6) is 0 Å². The molecule has 0 aliphatic carbocycles. The summed E-state index contributed by atoms with van der Waals surface area (Å²) < 4.78 is 0. The van der Waals surface area contributed by atoms with Crippen LogP contribution in [0.2, 0.25) is 0 Å². The van der Waals surface area contributed by atoms with E-state index in [0.717, 1.165) is 5.13 Å². The SMILES string of the molecule is CNc1ncc(C(C)(C)C)s1. The highest BCUT2D eigenvalue weighted by Gasteiger charge is 2.16. The molecular weight excluding hydrogens is 156 g/mol. The van der Waals surface area contributed by atoms with Crippen molar-refractivity contribution < 1.29 is 0 Å². The number of aromatic nitrogens is 1. The Balaban J connectivity index is 2.89. The summed E-state index contributed by atoms with van der Waals surface area (Å²) in [7, 11) is 1.89. The molecule has 0 saturated heterocycles. The summed E-state index contributed by atoms with van der Waals surface area (Å²) in [6.07, 6.45) is 1.94. The van der Waals surface area contributed by atoms with E-state index in [4.69, 9.17) is 0 Å². The minimum atomic E-state index is 0.229. The van der Waals surface area contributed by atoms with Crippen molar-refractivity contribution in [1.82, 2.24) is 4.98 Å². The molecule has 1 aromatic rings. The van der Waals surface area contributed by atoms with Gasteiger partial charge in [-0.3, -0.25) is 0 Å². The zero-order chi connectivity index (χ0) is 8.48. The highest BCUT2D eigenvalue weighted by molar-refractivity contribution is 7.15. The van der Waals surface area contributed by atoms with Crippen molar-refractivity contribution >= 4 is 16.5 Å². The molecule has 0 saturated carbocycles. The maximum Gasteiger partial charge on any atom is 0.182 e. The predicted octanol–water partition coefficient (Wildman–Crippen LogP) is 2.48. The maximum atomic E-state index is 4.21. The number of hydrogen-bond acceptors (Lipinski definition) is 3.